The Kier molecular flexibility index (Phi) is 5.45. The van der Waals surface area contributed by atoms with Crippen molar-refractivity contribution in [3.63, 3.8) is 0 Å². The first kappa shape index (κ1) is 26.6. The van der Waals surface area contributed by atoms with Gasteiger partial charge in [-0.05, 0) is 38.0 Å². The number of rotatable bonds is 7. The first-order valence-electron chi connectivity index (χ1n) is 14.7. The van der Waals surface area contributed by atoms with Crippen molar-refractivity contribution in [2.75, 3.05) is 13.1 Å². The zero-order valence-electron chi connectivity index (χ0n) is 23.9. The fourth-order valence-electron chi connectivity index (χ4n) is 7.55. The number of ether oxygens (including phenoxy) is 1. The number of para-hydroxylation sites is 2. The number of imide groups is 1. The van der Waals surface area contributed by atoms with E-state index in [9.17, 15) is 24.3 Å². The van der Waals surface area contributed by atoms with E-state index >= 15 is 0 Å². The van der Waals surface area contributed by atoms with Crippen LogP contribution in [0.5, 0.6) is 0 Å². The molecule has 0 radical (unpaired) electrons. The second-order valence-electron chi connectivity index (χ2n) is 11.8. The van der Waals surface area contributed by atoms with Crippen molar-refractivity contribution in [2.24, 2.45) is 0 Å². The van der Waals surface area contributed by atoms with Crippen molar-refractivity contribution in [2.45, 2.75) is 43.7 Å². The van der Waals surface area contributed by atoms with Crippen LogP contribution in [0.4, 0.5) is 0 Å². The number of aromatic nitrogens is 2. The molecule has 4 N–H and O–H groups in total. The van der Waals surface area contributed by atoms with E-state index in [0.29, 0.717) is 52.1 Å². The number of hydrogen-bond acceptors (Lipinski definition) is 6. The van der Waals surface area contributed by atoms with Crippen molar-refractivity contribution >= 4 is 67.2 Å². The van der Waals surface area contributed by atoms with Gasteiger partial charge in [-0.15, -0.1) is 0 Å². The standard InChI is InChI=1S/C33H29N5O6/c1-3-21(39)34-14-8-9-15-35-31(42)33(43)16-22-37-19-12-6-4-10-17(19)23-25-26(30(41)36-29(25)40)24-18-11-5-7-13-20(18)38(28(24)27(23)37)32(33,2)44-22/h3-7,10-13,22,43H,1,8-9,14-16H2,2H3,(H,34,39)(H,35,42)(H,36,40,41)/t22?,32-,33-/m0/s1. The zero-order valence-corrected chi connectivity index (χ0v) is 23.9. The number of carbonyl (C=O) groups is 4. The minimum absolute atomic E-state index is 0.0475. The minimum atomic E-state index is -2.00. The molecule has 3 atom stereocenters. The summed E-state index contributed by atoms with van der Waals surface area (Å²) in [5.74, 6) is -1.77. The molecular formula is C33H29N5O6. The highest BCUT2D eigenvalue weighted by Crippen LogP contribution is 2.57. The Morgan fingerprint density at radius 1 is 0.977 bits per heavy atom. The normalized spacial score (nSPS) is 23.5. The molecule has 0 spiro atoms. The van der Waals surface area contributed by atoms with Crippen molar-refractivity contribution < 1.29 is 29.0 Å². The van der Waals surface area contributed by atoms with E-state index in [-0.39, 0.29) is 24.4 Å². The van der Waals surface area contributed by atoms with Gasteiger partial charge in [0.05, 0.1) is 33.2 Å². The minimum Gasteiger partial charge on any atom is -0.376 e. The molecule has 5 heterocycles. The second kappa shape index (κ2) is 9.01. The summed E-state index contributed by atoms with van der Waals surface area (Å²) in [6.45, 7) is 5.87. The van der Waals surface area contributed by atoms with Crippen LogP contribution in [0.25, 0.3) is 43.6 Å². The summed E-state index contributed by atoms with van der Waals surface area (Å²) >= 11 is 0. The third-order valence-corrected chi connectivity index (χ3v) is 9.51. The van der Waals surface area contributed by atoms with Crippen LogP contribution in [-0.4, -0.2) is 56.6 Å². The fraction of sp³-hybridized carbons (Fsp3) is 0.273. The van der Waals surface area contributed by atoms with E-state index in [1.165, 1.54) is 6.08 Å². The largest absolute Gasteiger partial charge is 0.376 e. The van der Waals surface area contributed by atoms with Crippen LogP contribution in [0.3, 0.4) is 0 Å². The van der Waals surface area contributed by atoms with Gasteiger partial charge in [-0.25, -0.2) is 0 Å². The molecule has 3 aliphatic rings. The van der Waals surface area contributed by atoms with Crippen LogP contribution in [0, 0.1) is 0 Å². The van der Waals surface area contributed by atoms with Gasteiger partial charge in [0.2, 0.25) is 5.91 Å². The van der Waals surface area contributed by atoms with Crippen LogP contribution in [-0.2, 0) is 20.1 Å². The maximum absolute atomic E-state index is 14.0. The third kappa shape index (κ3) is 3.17. The molecule has 5 aromatic rings. The van der Waals surface area contributed by atoms with Gasteiger partial charge in [0.15, 0.2) is 11.3 Å². The molecule has 1 fully saturated rings. The van der Waals surface area contributed by atoms with E-state index in [2.05, 4.69) is 22.5 Å². The summed E-state index contributed by atoms with van der Waals surface area (Å²) in [6, 6.07) is 15.1. The molecule has 3 aromatic carbocycles. The number of amides is 4. The molecule has 2 bridgehead atoms. The van der Waals surface area contributed by atoms with Crippen molar-refractivity contribution in [3.8, 4) is 0 Å². The summed E-state index contributed by atoms with van der Waals surface area (Å²) in [7, 11) is 0. The third-order valence-electron chi connectivity index (χ3n) is 9.51. The van der Waals surface area contributed by atoms with Crippen LogP contribution < -0.4 is 16.0 Å². The maximum atomic E-state index is 14.0. The molecule has 11 heteroatoms. The molecule has 222 valence electrons. The van der Waals surface area contributed by atoms with E-state index in [4.69, 9.17) is 4.74 Å². The SMILES string of the molecule is C=CC(=O)NCCCCNC(=O)[C@@]1(O)CC2O[C@]1(C)n1c3ccccc3c3c4c(c5c6ccccc6n2c5c31)C(=O)NC4=O. The summed E-state index contributed by atoms with van der Waals surface area (Å²) in [6.07, 6.45) is 1.61. The number of nitrogens with zero attached hydrogens (tertiary/aromatic N) is 2. The van der Waals surface area contributed by atoms with E-state index in [1.54, 1.807) is 6.92 Å². The Morgan fingerprint density at radius 2 is 1.57 bits per heavy atom. The predicted molar refractivity (Wildman–Crippen MR) is 163 cm³/mol. The Balaban J connectivity index is 1.35. The van der Waals surface area contributed by atoms with Gasteiger partial charge in [-0.2, -0.15) is 0 Å². The van der Waals surface area contributed by atoms with Gasteiger partial charge >= 0.3 is 0 Å². The fourth-order valence-corrected chi connectivity index (χ4v) is 7.55. The molecule has 4 amide bonds. The Hall–Kier alpha value is -5.00. The van der Waals surface area contributed by atoms with Gasteiger partial charge in [0.25, 0.3) is 17.7 Å². The zero-order chi connectivity index (χ0) is 30.5. The average molecular weight is 592 g/mol. The monoisotopic (exact) mass is 591 g/mol. The lowest BCUT2D eigenvalue weighted by molar-refractivity contribution is -0.187. The molecule has 0 saturated carbocycles. The number of carbonyl (C=O) groups excluding carboxylic acids is 4. The number of nitrogens with one attached hydrogen (secondary N) is 3. The lowest BCUT2D eigenvalue weighted by Gasteiger charge is -2.38. The first-order chi connectivity index (χ1) is 21.2. The molecule has 44 heavy (non-hydrogen) atoms. The number of aliphatic hydroxyl groups is 1. The number of fused-ring (bicyclic) bond motifs is 13. The number of benzene rings is 3. The highest BCUT2D eigenvalue weighted by molar-refractivity contribution is 6.39. The number of unbranched alkanes of at least 4 members (excludes halogenated alkanes) is 1. The summed E-state index contributed by atoms with van der Waals surface area (Å²) in [5, 5.41) is 23.3. The van der Waals surface area contributed by atoms with Crippen LogP contribution in [0.1, 0.15) is 53.1 Å². The average Bonchev–Trinajstić information content (AvgIpc) is 3.69. The molecule has 3 aliphatic heterocycles. The van der Waals surface area contributed by atoms with E-state index < -0.39 is 35.3 Å². The molecule has 11 nitrogen and oxygen atoms in total. The highest BCUT2D eigenvalue weighted by Gasteiger charge is 2.65. The predicted octanol–water partition coefficient (Wildman–Crippen LogP) is 3.32. The smallest absolute Gasteiger partial charge is 0.259 e. The molecule has 8 rings (SSSR count). The molecular weight excluding hydrogens is 562 g/mol. The van der Waals surface area contributed by atoms with Gasteiger partial charge in [-0.3, -0.25) is 24.5 Å². The Bertz CT molecular complexity index is 2160. The van der Waals surface area contributed by atoms with Gasteiger partial charge in [-0.1, -0.05) is 43.0 Å². The second-order valence-corrected chi connectivity index (χ2v) is 11.8. The van der Waals surface area contributed by atoms with Crippen LogP contribution >= 0.6 is 0 Å². The van der Waals surface area contributed by atoms with Gasteiger partial charge in [0, 0.05) is 41.1 Å². The number of hydrogen-bond donors (Lipinski definition) is 4. The first-order valence-corrected chi connectivity index (χ1v) is 14.7. The quantitative estimate of drug-likeness (QED) is 0.130. The van der Waals surface area contributed by atoms with E-state index in [0.717, 1.165) is 16.4 Å². The molecule has 1 saturated heterocycles. The van der Waals surface area contributed by atoms with Crippen molar-refractivity contribution in [3.05, 3.63) is 72.3 Å². The Labute approximate surface area is 250 Å². The maximum Gasteiger partial charge on any atom is 0.259 e. The highest BCUT2D eigenvalue weighted by atomic mass is 16.6. The van der Waals surface area contributed by atoms with Gasteiger partial charge in [0.1, 0.15) is 6.23 Å². The molecule has 0 aliphatic carbocycles. The summed E-state index contributed by atoms with van der Waals surface area (Å²) in [4.78, 5) is 52.2. The lowest BCUT2D eigenvalue weighted by Crippen LogP contribution is -2.59. The summed E-state index contributed by atoms with van der Waals surface area (Å²) in [5.41, 5.74) is -0.202. The van der Waals surface area contributed by atoms with Crippen LogP contribution in [0.15, 0.2) is 61.2 Å². The van der Waals surface area contributed by atoms with Gasteiger partial charge < -0.3 is 29.6 Å². The molecule has 1 unspecified atom stereocenters. The summed E-state index contributed by atoms with van der Waals surface area (Å²) < 4.78 is 10.6. The van der Waals surface area contributed by atoms with Crippen molar-refractivity contribution in [1.82, 2.24) is 25.1 Å². The topological polar surface area (TPSA) is 144 Å². The van der Waals surface area contributed by atoms with E-state index in [1.807, 2.05) is 57.7 Å². The van der Waals surface area contributed by atoms with Crippen molar-refractivity contribution in [1.29, 1.82) is 0 Å². The molecule has 2 aromatic heterocycles. The van der Waals surface area contributed by atoms with Crippen LogP contribution in [0.2, 0.25) is 0 Å². The Morgan fingerprint density at radius 3 is 2.25 bits per heavy atom. The lowest BCUT2D eigenvalue weighted by atomic mass is 9.87.